The Bertz CT molecular complexity index is 359. The average Bonchev–Trinajstić information content (AvgIpc) is 2.07. The Morgan fingerprint density at radius 1 is 1.31 bits per heavy atom. The van der Waals surface area contributed by atoms with Crippen LogP contribution in [0.5, 0.6) is 0 Å². The summed E-state index contributed by atoms with van der Waals surface area (Å²) in [5.74, 6) is -1.01. The summed E-state index contributed by atoms with van der Waals surface area (Å²) in [5.41, 5.74) is 0.462. The van der Waals surface area contributed by atoms with Gasteiger partial charge < -0.3 is 0 Å². The molecule has 1 rings (SSSR count). The molecule has 0 heterocycles. The van der Waals surface area contributed by atoms with E-state index in [9.17, 15) is 8.78 Å². The van der Waals surface area contributed by atoms with Crippen molar-refractivity contribution in [2.45, 2.75) is 39.0 Å². The fraction of sp³-hybridized carbons (Fsp3) is 0.538. The minimum Gasteiger partial charge on any atom is -0.207 e. The highest BCUT2D eigenvalue weighted by Gasteiger charge is 2.22. The zero-order valence-electron chi connectivity index (χ0n) is 9.86. The van der Waals surface area contributed by atoms with Crippen molar-refractivity contribution in [1.82, 2.24) is 0 Å². The van der Waals surface area contributed by atoms with Crippen LogP contribution in [0.3, 0.4) is 0 Å². The van der Waals surface area contributed by atoms with Crippen molar-refractivity contribution >= 4 is 11.6 Å². The van der Waals surface area contributed by atoms with Gasteiger partial charge in [0.15, 0.2) is 0 Å². The number of hydrogen-bond acceptors (Lipinski definition) is 0. The number of benzene rings is 1. The van der Waals surface area contributed by atoms with E-state index in [1.807, 2.05) is 20.8 Å². The van der Waals surface area contributed by atoms with Gasteiger partial charge in [-0.25, -0.2) is 8.78 Å². The summed E-state index contributed by atoms with van der Waals surface area (Å²) in [6.07, 6.45) is 1.36. The van der Waals surface area contributed by atoms with Gasteiger partial charge in [0.2, 0.25) is 0 Å². The minimum absolute atomic E-state index is 0.0542. The molecule has 90 valence electrons. The summed E-state index contributed by atoms with van der Waals surface area (Å²) in [5, 5.41) is 0.0542. The van der Waals surface area contributed by atoms with Crippen LogP contribution in [0.4, 0.5) is 8.78 Å². The lowest BCUT2D eigenvalue weighted by Crippen LogP contribution is -2.19. The second kappa shape index (κ2) is 5.13. The molecule has 0 N–H and O–H groups in total. The highest BCUT2D eigenvalue weighted by Crippen LogP contribution is 2.30. The molecule has 0 aliphatic carbocycles. The topological polar surface area (TPSA) is 0 Å². The van der Waals surface area contributed by atoms with Gasteiger partial charge in [0, 0.05) is 11.4 Å². The van der Waals surface area contributed by atoms with Crippen molar-refractivity contribution in [3.63, 3.8) is 0 Å². The van der Waals surface area contributed by atoms with Crippen molar-refractivity contribution in [2.24, 2.45) is 5.41 Å². The Kier molecular flexibility index (Phi) is 4.31. The van der Waals surface area contributed by atoms with E-state index in [0.29, 0.717) is 12.0 Å². The van der Waals surface area contributed by atoms with Gasteiger partial charge in [-0.3, -0.25) is 0 Å². The highest BCUT2D eigenvalue weighted by atomic mass is 35.5. The predicted octanol–water partition coefficient (Wildman–Crippen LogP) is 4.55. The van der Waals surface area contributed by atoms with Crippen molar-refractivity contribution in [3.8, 4) is 0 Å². The van der Waals surface area contributed by atoms with Crippen LogP contribution in [-0.2, 0) is 6.42 Å². The SMILES string of the molecule is CC(Cl)CC(C)(C)Cc1ccc(F)cc1F. The van der Waals surface area contributed by atoms with Crippen LogP contribution >= 0.6 is 11.6 Å². The third-order valence-corrected chi connectivity index (χ3v) is 2.67. The molecule has 0 aliphatic rings. The van der Waals surface area contributed by atoms with E-state index in [4.69, 9.17) is 11.6 Å². The van der Waals surface area contributed by atoms with Gasteiger partial charge >= 0.3 is 0 Å². The number of alkyl halides is 1. The monoisotopic (exact) mass is 246 g/mol. The third kappa shape index (κ3) is 4.09. The van der Waals surface area contributed by atoms with Gasteiger partial charge in [-0.05, 0) is 36.8 Å². The van der Waals surface area contributed by atoms with Crippen LogP contribution in [0.2, 0.25) is 0 Å². The lowest BCUT2D eigenvalue weighted by Gasteiger charge is -2.26. The normalized spacial score (nSPS) is 13.9. The van der Waals surface area contributed by atoms with Crippen LogP contribution in [0.1, 0.15) is 32.8 Å². The molecule has 1 aromatic rings. The Morgan fingerprint density at radius 3 is 2.44 bits per heavy atom. The Balaban J connectivity index is 2.79. The van der Waals surface area contributed by atoms with Gasteiger partial charge in [-0.2, -0.15) is 0 Å². The maximum Gasteiger partial charge on any atom is 0.129 e. The van der Waals surface area contributed by atoms with Crippen molar-refractivity contribution < 1.29 is 8.78 Å². The Hall–Kier alpha value is -0.630. The van der Waals surface area contributed by atoms with E-state index in [2.05, 4.69) is 0 Å². The average molecular weight is 247 g/mol. The van der Waals surface area contributed by atoms with Gasteiger partial charge in [0.25, 0.3) is 0 Å². The van der Waals surface area contributed by atoms with Crippen LogP contribution < -0.4 is 0 Å². The summed E-state index contributed by atoms with van der Waals surface area (Å²) in [6.45, 7) is 5.99. The molecule has 0 radical (unpaired) electrons. The molecule has 0 bridgehead atoms. The molecule has 16 heavy (non-hydrogen) atoms. The zero-order chi connectivity index (χ0) is 12.3. The molecular weight excluding hydrogens is 230 g/mol. The Morgan fingerprint density at radius 2 is 1.94 bits per heavy atom. The second-order valence-corrected chi connectivity index (χ2v) is 5.81. The Labute approximate surface area is 101 Å². The fourth-order valence-electron chi connectivity index (χ4n) is 2.01. The summed E-state index contributed by atoms with van der Waals surface area (Å²) in [6, 6.07) is 3.72. The first-order valence-electron chi connectivity index (χ1n) is 5.38. The first-order valence-corrected chi connectivity index (χ1v) is 5.82. The fourth-order valence-corrected chi connectivity index (χ4v) is 2.43. The molecular formula is C13H17ClF2. The molecule has 0 aromatic heterocycles. The molecule has 1 unspecified atom stereocenters. The molecule has 0 spiro atoms. The van der Waals surface area contributed by atoms with E-state index >= 15 is 0 Å². The van der Waals surface area contributed by atoms with E-state index in [-0.39, 0.29) is 10.8 Å². The van der Waals surface area contributed by atoms with Gasteiger partial charge in [-0.1, -0.05) is 19.9 Å². The van der Waals surface area contributed by atoms with Gasteiger partial charge in [0.1, 0.15) is 11.6 Å². The van der Waals surface area contributed by atoms with Crippen molar-refractivity contribution in [1.29, 1.82) is 0 Å². The quantitative estimate of drug-likeness (QED) is 0.684. The smallest absolute Gasteiger partial charge is 0.129 e. The lowest BCUT2D eigenvalue weighted by atomic mass is 9.81. The van der Waals surface area contributed by atoms with Crippen LogP contribution in [-0.4, -0.2) is 5.38 Å². The number of hydrogen-bond donors (Lipinski definition) is 0. The van der Waals surface area contributed by atoms with Crippen molar-refractivity contribution in [3.05, 3.63) is 35.4 Å². The molecule has 3 heteroatoms. The second-order valence-electron chi connectivity index (χ2n) is 5.06. The first-order chi connectivity index (χ1) is 7.30. The summed E-state index contributed by atoms with van der Waals surface area (Å²) in [7, 11) is 0. The molecule has 0 saturated heterocycles. The maximum atomic E-state index is 13.4. The molecule has 0 amide bonds. The minimum atomic E-state index is -0.537. The molecule has 1 aromatic carbocycles. The van der Waals surface area contributed by atoms with E-state index in [1.54, 1.807) is 0 Å². The molecule has 0 saturated carbocycles. The van der Waals surface area contributed by atoms with Crippen molar-refractivity contribution in [2.75, 3.05) is 0 Å². The van der Waals surface area contributed by atoms with Gasteiger partial charge in [-0.15, -0.1) is 11.6 Å². The van der Waals surface area contributed by atoms with Crippen LogP contribution in [0.25, 0.3) is 0 Å². The van der Waals surface area contributed by atoms with E-state index in [1.165, 1.54) is 12.1 Å². The number of halogens is 3. The van der Waals surface area contributed by atoms with Gasteiger partial charge in [0.05, 0.1) is 0 Å². The molecule has 1 atom stereocenters. The first kappa shape index (κ1) is 13.4. The summed E-state index contributed by atoms with van der Waals surface area (Å²) in [4.78, 5) is 0. The largest absolute Gasteiger partial charge is 0.207 e. The lowest BCUT2D eigenvalue weighted by molar-refractivity contribution is 0.326. The maximum absolute atomic E-state index is 13.4. The molecule has 0 fully saturated rings. The predicted molar refractivity (Wildman–Crippen MR) is 63.8 cm³/mol. The standard InChI is InChI=1S/C13H17ClF2/c1-9(14)7-13(2,3)8-10-4-5-11(15)6-12(10)16/h4-6,9H,7-8H2,1-3H3. The molecule has 0 aliphatic heterocycles. The summed E-state index contributed by atoms with van der Waals surface area (Å²) >= 11 is 5.94. The number of rotatable bonds is 4. The molecule has 0 nitrogen and oxygen atoms in total. The highest BCUT2D eigenvalue weighted by molar-refractivity contribution is 6.20. The third-order valence-electron chi connectivity index (χ3n) is 2.52. The summed E-state index contributed by atoms with van der Waals surface area (Å²) < 4.78 is 26.2. The van der Waals surface area contributed by atoms with E-state index < -0.39 is 11.6 Å². The van der Waals surface area contributed by atoms with E-state index in [0.717, 1.165) is 12.5 Å². The van der Waals surface area contributed by atoms with Crippen LogP contribution in [0, 0.1) is 17.0 Å². The zero-order valence-corrected chi connectivity index (χ0v) is 10.6. The van der Waals surface area contributed by atoms with Crippen LogP contribution in [0.15, 0.2) is 18.2 Å².